The third-order valence-electron chi connectivity index (χ3n) is 2.32. The zero-order valence-electron chi connectivity index (χ0n) is 11.1. The molecular formula is C13H20N2O2S. The number of nitrogens with zero attached hydrogens (tertiary/aromatic N) is 1. The zero-order valence-corrected chi connectivity index (χ0v) is 11.9. The molecule has 1 aromatic rings. The highest BCUT2D eigenvalue weighted by atomic mass is 32.2. The highest BCUT2D eigenvalue weighted by Crippen LogP contribution is 2.26. The second kappa shape index (κ2) is 7.28. The number of carbonyl (C=O) groups is 1. The smallest absolute Gasteiger partial charge is 0.338 e. The van der Waals surface area contributed by atoms with Gasteiger partial charge in [-0.25, -0.2) is 4.79 Å². The summed E-state index contributed by atoms with van der Waals surface area (Å²) in [5.74, 6) is 0.635. The summed E-state index contributed by atoms with van der Waals surface area (Å²) >= 11 is 1.65. The topological polar surface area (TPSA) is 55.6 Å². The summed E-state index contributed by atoms with van der Waals surface area (Å²) < 4.78 is 4.97. The van der Waals surface area contributed by atoms with Crippen molar-refractivity contribution in [3.05, 3.63) is 23.8 Å². The minimum atomic E-state index is -0.299. The molecule has 0 unspecified atom stereocenters. The summed E-state index contributed by atoms with van der Waals surface area (Å²) in [6.45, 7) is 3.14. The molecule has 0 aliphatic rings. The van der Waals surface area contributed by atoms with Crippen LogP contribution in [0.1, 0.15) is 17.3 Å². The van der Waals surface area contributed by atoms with E-state index < -0.39 is 0 Å². The lowest BCUT2D eigenvalue weighted by Gasteiger charge is -2.11. The van der Waals surface area contributed by atoms with Gasteiger partial charge in [-0.3, -0.25) is 0 Å². The maximum Gasteiger partial charge on any atom is 0.338 e. The Balaban J connectivity index is 2.71. The minimum Gasteiger partial charge on any atom is -0.462 e. The second-order valence-corrected chi connectivity index (χ2v) is 5.26. The predicted molar refractivity (Wildman–Crippen MR) is 76.1 cm³/mol. The number of thioether (sulfide) groups is 1. The molecule has 0 amide bonds. The van der Waals surface area contributed by atoms with Crippen molar-refractivity contribution in [1.82, 2.24) is 4.90 Å². The number of benzene rings is 1. The van der Waals surface area contributed by atoms with Crippen LogP contribution in [0.4, 0.5) is 5.69 Å². The lowest BCUT2D eigenvalue weighted by molar-refractivity contribution is 0.0526. The Kier molecular flexibility index (Phi) is 6.01. The van der Waals surface area contributed by atoms with Gasteiger partial charge >= 0.3 is 5.97 Å². The summed E-state index contributed by atoms with van der Waals surface area (Å²) in [6, 6.07) is 5.25. The maximum absolute atomic E-state index is 11.6. The van der Waals surface area contributed by atoms with Gasteiger partial charge in [0.05, 0.1) is 12.2 Å². The minimum absolute atomic E-state index is 0.299. The van der Waals surface area contributed by atoms with E-state index in [0.29, 0.717) is 17.9 Å². The van der Waals surface area contributed by atoms with Crippen molar-refractivity contribution in [3.8, 4) is 0 Å². The van der Waals surface area contributed by atoms with Crippen molar-refractivity contribution in [3.63, 3.8) is 0 Å². The van der Waals surface area contributed by atoms with E-state index in [1.165, 1.54) is 0 Å². The molecule has 0 spiro atoms. The number of nitrogen functional groups attached to an aromatic ring is 1. The van der Waals surface area contributed by atoms with E-state index in [9.17, 15) is 4.79 Å². The lowest BCUT2D eigenvalue weighted by atomic mass is 10.2. The molecule has 1 rings (SSSR count). The van der Waals surface area contributed by atoms with E-state index in [-0.39, 0.29) is 5.97 Å². The fourth-order valence-electron chi connectivity index (χ4n) is 1.34. The van der Waals surface area contributed by atoms with Gasteiger partial charge in [-0.15, -0.1) is 11.8 Å². The molecule has 0 saturated carbocycles. The van der Waals surface area contributed by atoms with Gasteiger partial charge in [0, 0.05) is 22.9 Å². The normalized spacial score (nSPS) is 10.7. The number of anilines is 1. The van der Waals surface area contributed by atoms with Gasteiger partial charge < -0.3 is 15.4 Å². The van der Waals surface area contributed by atoms with E-state index in [4.69, 9.17) is 10.5 Å². The summed E-state index contributed by atoms with van der Waals surface area (Å²) in [7, 11) is 4.05. The van der Waals surface area contributed by atoms with Crippen LogP contribution in [-0.4, -0.2) is 43.9 Å². The number of ether oxygens (including phenoxy) is 1. The van der Waals surface area contributed by atoms with Gasteiger partial charge in [-0.05, 0) is 39.2 Å². The van der Waals surface area contributed by atoms with Crippen LogP contribution in [0.2, 0.25) is 0 Å². The summed E-state index contributed by atoms with van der Waals surface area (Å²) in [4.78, 5) is 14.7. The SMILES string of the molecule is CCOC(=O)c1ccc(N)c(SCCN(C)C)c1. The highest BCUT2D eigenvalue weighted by molar-refractivity contribution is 7.99. The number of hydrogen-bond acceptors (Lipinski definition) is 5. The van der Waals surface area contributed by atoms with Crippen molar-refractivity contribution in [2.75, 3.05) is 38.7 Å². The predicted octanol–water partition coefficient (Wildman–Crippen LogP) is 2.10. The average Bonchev–Trinajstić information content (AvgIpc) is 2.31. The van der Waals surface area contributed by atoms with Crippen molar-refractivity contribution in [2.24, 2.45) is 0 Å². The first kappa shape index (κ1) is 14.9. The fourth-order valence-corrected chi connectivity index (χ4v) is 2.46. The van der Waals surface area contributed by atoms with Crippen LogP contribution in [0.25, 0.3) is 0 Å². The molecule has 0 aliphatic carbocycles. The third-order valence-corrected chi connectivity index (χ3v) is 3.37. The molecule has 18 heavy (non-hydrogen) atoms. The molecule has 0 fully saturated rings. The Bertz CT molecular complexity index is 408. The molecule has 5 heteroatoms. The molecule has 0 radical (unpaired) electrons. The van der Waals surface area contributed by atoms with Crippen molar-refractivity contribution >= 4 is 23.4 Å². The second-order valence-electron chi connectivity index (χ2n) is 4.12. The van der Waals surface area contributed by atoms with Crippen molar-refractivity contribution < 1.29 is 9.53 Å². The monoisotopic (exact) mass is 268 g/mol. The van der Waals surface area contributed by atoms with Gasteiger partial charge in [0.15, 0.2) is 0 Å². The van der Waals surface area contributed by atoms with E-state index in [1.807, 2.05) is 14.1 Å². The molecule has 0 atom stereocenters. The number of rotatable bonds is 6. The number of nitrogens with two attached hydrogens (primary N) is 1. The van der Waals surface area contributed by atoms with Crippen molar-refractivity contribution in [2.45, 2.75) is 11.8 Å². The Morgan fingerprint density at radius 3 is 2.78 bits per heavy atom. The van der Waals surface area contributed by atoms with Crippen molar-refractivity contribution in [1.29, 1.82) is 0 Å². The lowest BCUT2D eigenvalue weighted by Crippen LogP contribution is -2.14. The summed E-state index contributed by atoms with van der Waals surface area (Å²) in [5, 5.41) is 0. The molecule has 100 valence electrons. The van der Waals surface area contributed by atoms with Crippen LogP contribution in [-0.2, 0) is 4.74 Å². The van der Waals surface area contributed by atoms with E-state index in [2.05, 4.69) is 4.90 Å². The highest BCUT2D eigenvalue weighted by Gasteiger charge is 2.09. The molecule has 0 bridgehead atoms. The average molecular weight is 268 g/mol. The van der Waals surface area contributed by atoms with E-state index in [0.717, 1.165) is 17.2 Å². The molecular weight excluding hydrogens is 248 g/mol. The number of hydrogen-bond donors (Lipinski definition) is 1. The van der Waals surface area contributed by atoms with Gasteiger partial charge in [0.1, 0.15) is 0 Å². The first-order chi connectivity index (χ1) is 8.54. The third kappa shape index (κ3) is 4.58. The summed E-state index contributed by atoms with van der Waals surface area (Å²) in [6.07, 6.45) is 0. The molecule has 0 aliphatic heterocycles. The molecule has 0 aromatic heterocycles. The van der Waals surface area contributed by atoms with E-state index in [1.54, 1.807) is 36.9 Å². The molecule has 0 heterocycles. The van der Waals surface area contributed by atoms with Crippen LogP contribution in [0.5, 0.6) is 0 Å². The Hall–Kier alpha value is -1.20. The summed E-state index contributed by atoms with van der Waals surface area (Å²) in [5.41, 5.74) is 7.15. The molecule has 2 N–H and O–H groups in total. The van der Waals surface area contributed by atoms with Crippen LogP contribution < -0.4 is 5.73 Å². The van der Waals surface area contributed by atoms with Gasteiger partial charge in [-0.1, -0.05) is 0 Å². The Morgan fingerprint density at radius 2 is 2.17 bits per heavy atom. The van der Waals surface area contributed by atoms with Crippen LogP contribution in [0.3, 0.4) is 0 Å². The number of esters is 1. The fraction of sp³-hybridized carbons (Fsp3) is 0.462. The molecule has 4 nitrogen and oxygen atoms in total. The van der Waals surface area contributed by atoms with Crippen LogP contribution >= 0.6 is 11.8 Å². The molecule has 0 saturated heterocycles. The number of carbonyl (C=O) groups excluding carboxylic acids is 1. The van der Waals surface area contributed by atoms with E-state index >= 15 is 0 Å². The first-order valence-electron chi connectivity index (χ1n) is 5.88. The van der Waals surface area contributed by atoms with Gasteiger partial charge in [0.25, 0.3) is 0 Å². The maximum atomic E-state index is 11.6. The standard InChI is InChI=1S/C13H20N2O2S/c1-4-17-13(16)10-5-6-11(14)12(9-10)18-8-7-15(2)3/h5-6,9H,4,7-8,14H2,1-3H3. The van der Waals surface area contributed by atoms with Crippen LogP contribution in [0, 0.1) is 0 Å². The largest absolute Gasteiger partial charge is 0.462 e. The van der Waals surface area contributed by atoms with Gasteiger partial charge in [-0.2, -0.15) is 0 Å². The Labute approximate surface area is 112 Å². The van der Waals surface area contributed by atoms with Gasteiger partial charge in [0.2, 0.25) is 0 Å². The first-order valence-corrected chi connectivity index (χ1v) is 6.87. The quantitative estimate of drug-likeness (QED) is 0.486. The zero-order chi connectivity index (χ0) is 13.5. The van der Waals surface area contributed by atoms with Crippen LogP contribution in [0.15, 0.2) is 23.1 Å². The Morgan fingerprint density at radius 1 is 1.44 bits per heavy atom. The molecule has 1 aromatic carbocycles.